The van der Waals surface area contributed by atoms with Gasteiger partial charge in [0.2, 0.25) is 0 Å². The van der Waals surface area contributed by atoms with Crippen LogP contribution in [0.2, 0.25) is 0 Å². The summed E-state index contributed by atoms with van der Waals surface area (Å²) >= 11 is 0. The van der Waals surface area contributed by atoms with Crippen molar-refractivity contribution in [2.45, 2.75) is 58.5 Å². The van der Waals surface area contributed by atoms with Gasteiger partial charge in [-0.25, -0.2) is 0 Å². The first-order valence-electron chi connectivity index (χ1n) is 8.09. The molecule has 2 atom stereocenters. The fraction of sp³-hybridized carbons (Fsp3) is 0.938. The van der Waals surface area contributed by atoms with Crippen molar-refractivity contribution in [2.24, 2.45) is 5.73 Å². The summed E-state index contributed by atoms with van der Waals surface area (Å²) in [6.45, 7) is 11.6. The monoisotopic (exact) mass is 301 g/mol. The molecule has 0 saturated heterocycles. The summed E-state index contributed by atoms with van der Waals surface area (Å²) in [4.78, 5) is 16.4. The number of nitrogens with two attached hydrogens (primary N) is 1. The third kappa shape index (κ3) is 8.39. The van der Waals surface area contributed by atoms with E-state index in [1.165, 1.54) is 0 Å². The van der Waals surface area contributed by atoms with Gasteiger partial charge in [0, 0.05) is 12.6 Å². The Morgan fingerprint density at radius 1 is 1.29 bits per heavy atom. The topological polar surface area (TPSA) is 58.8 Å². The van der Waals surface area contributed by atoms with E-state index in [1.54, 1.807) is 13.8 Å². The van der Waals surface area contributed by atoms with Crippen LogP contribution < -0.4 is 5.73 Å². The van der Waals surface area contributed by atoms with Gasteiger partial charge in [-0.3, -0.25) is 9.69 Å². The van der Waals surface area contributed by atoms with Crippen molar-refractivity contribution in [2.75, 3.05) is 40.3 Å². The summed E-state index contributed by atoms with van der Waals surface area (Å²) in [7, 11) is 4.20. The molecule has 0 saturated carbocycles. The quantitative estimate of drug-likeness (QED) is 0.465. The van der Waals surface area contributed by atoms with Crippen LogP contribution in [0, 0.1) is 0 Å². The number of esters is 1. The van der Waals surface area contributed by atoms with Crippen LogP contribution in [0.25, 0.3) is 0 Å². The van der Waals surface area contributed by atoms with E-state index in [2.05, 4.69) is 37.7 Å². The Bertz CT molecular complexity index is 293. The molecule has 5 nitrogen and oxygen atoms in total. The average Bonchev–Trinajstić information content (AvgIpc) is 2.38. The first-order valence-corrected chi connectivity index (χ1v) is 8.09. The van der Waals surface area contributed by atoms with Crippen LogP contribution in [-0.2, 0) is 9.53 Å². The molecule has 0 rings (SSSR count). The molecule has 0 aromatic carbocycles. The minimum absolute atomic E-state index is 0.293. The number of unbranched alkanes of at least 4 members (excludes halogenated alkanes) is 1. The Morgan fingerprint density at radius 2 is 1.90 bits per heavy atom. The lowest BCUT2D eigenvalue weighted by atomic mass is 9.96. The van der Waals surface area contributed by atoms with Gasteiger partial charge in [-0.2, -0.15) is 0 Å². The largest absolute Gasteiger partial charge is 0.465 e. The summed E-state index contributed by atoms with van der Waals surface area (Å²) in [6, 6.07) is 0.541. The zero-order chi connectivity index (χ0) is 16.5. The van der Waals surface area contributed by atoms with Gasteiger partial charge in [-0.05, 0) is 67.2 Å². The number of rotatable bonds is 11. The van der Waals surface area contributed by atoms with Crippen molar-refractivity contribution in [1.82, 2.24) is 9.80 Å². The zero-order valence-corrected chi connectivity index (χ0v) is 14.8. The summed E-state index contributed by atoms with van der Waals surface area (Å²) in [6.07, 6.45) is 2.67. The highest BCUT2D eigenvalue weighted by molar-refractivity contribution is 5.79. The standard InChI is InChI=1S/C16H35N3O2/c1-7-19(14(3)13-18(5)6)12-10-9-11-16(4,17)15(20)21-8-2/h14H,7-13,17H2,1-6H3. The molecular formula is C16H35N3O2. The number of hydrogen-bond donors (Lipinski definition) is 1. The average molecular weight is 301 g/mol. The number of ether oxygens (including phenoxy) is 1. The predicted octanol–water partition coefficient (Wildman–Crippen LogP) is 1.71. The van der Waals surface area contributed by atoms with E-state index in [4.69, 9.17) is 10.5 Å². The first kappa shape index (κ1) is 20.3. The van der Waals surface area contributed by atoms with Crippen molar-refractivity contribution >= 4 is 5.97 Å². The molecule has 0 aliphatic rings. The van der Waals surface area contributed by atoms with Crippen LogP contribution in [0.3, 0.4) is 0 Å². The van der Waals surface area contributed by atoms with Crippen molar-refractivity contribution in [3.8, 4) is 0 Å². The second-order valence-electron chi connectivity index (χ2n) is 6.33. The van der Waals surface area contributed by atoms with Gasteiger partial charge in [-0.1, -0.05) is 6.92 Å². The fourth-order valence-electron chi connectivity index (χ4n) is 2.54. The van der Waals surface area contributed by atoms with Crippen LogP contribution >= 0.6 is 0 Å². The van der Waals surface area contributed by atoms with Crippen molar-refractivity contribution in [3.63, 3.8) is 0 Å². The molecule has 0 aromatic rings. The second kappa shape index (κ2) is 10.1. The molecule has 0 radical (unpaired) electrons. The Kier molecular flexibility index (Phi) is 9.83. The normalized spacial score (nSPS) is 16.0. The lowest BCUT2D eigenvalue weighted by molar-refractivity contribution is -0.149. The van der Waals surface area contributed by atoms with E-state index in [9.17, 15) is 4.79 Å². The Labute approximate surface area is 130 Å². The van der Waals surface area contributed by atoms with Gasteiger partial charge < -0.3 is 15.4 Å². The molecule has 0 fully saturated rings. The Morgan fingerprint density at radius 3 is 2.38 bits per heavy atom. The van der Waals surface area contributed by atoms with E-state index < -0.39 is 5.54 Å². The SMILES string of the molecule is CCOC(=O)C(C)(N)CCCCN(CC)C(C)CN(C)C. The smallest absolute Gasteiger partial charge is 0.325 e. The maximum absolute atomic E-state index is 11.7. The maximum Gasteiger partial charge on any atom is 0.325 e. The van der Waals surface area contributed by atoms with Gasteiger partial charge in [0.15, 0.2) is 0 Å². The van der Waals surface area contributed by atoms with Gasteiger partial charge in [0.25, 0.3) is 0 Å². The van der Waals surface area contributed by atoms with E-state index in [1.807, 2.05) is 0 Å². The highest BCUT2D eigenvalue weighted by atomic mass is 16.5. The van der Waals surface area contributed by atoms with Crippen LogP contribution in [0.4, 0.5) is 0 Å². The molecule has 0 bridgehead atoms. The molecule has 126 valence electrons. The molecule has 0 heterocycles. The van der Waals surface area contributed by atoms with Crippen LogP contribution in [-0.4, -0.2) is 67.7 Å². The number of hydrogen-bond acceptors (Lipinski definition) is 5. The molecule has 21 heavy (non-hydrogen) atoms. The number of carbonyl (C=O) groups excluding carboxylic acids is 1. The van der Waals surface area contributed by atoms with E-state index >= 15 is 0 Å². The summed E-state index contributed by atoms with van der Waals surface area (Å²) in [5.74, 6) is -0.293. The van der Waals surface area contributed by atoms with E-state index in [0.717, 1.165) is 32.5 Å². The van der Waals surface area contributed by atoms with Crippen LogP contribution in [0.1, 0.15) is 47.0 Å². The molecule has 0 spiro atoms. The second-order valence-corrected chi connectivity index (χ2v) is 6.33. The van der Waals surface area contributed by atoms with Crippen LogP contribution in [0.5, 0.6) is 0 Å². The molecule has 5 heteroatoms. The predicted molar refractivity (Wildman–Crippen MR) is 88.3 cm³/mol. The van der Waals surface area contributed by atoms with Gasteiger partial charge in [-0.15, -0.1) is 0 Å². The van der Waals surface area contributed by atoms with Crippen LogP contribution in [0.15, 0.2) is 0 Å². The summed E-state index contributed by atoms with van der Waals surface area (Å²) in [5, 5.41) is 0. The maximum atomic E-state index is 11.7. The third-order valence-electron chi connectivity index (χ3n) is 3.79. The van der Waals surface area contributed by atoms with Gasteiger partial charge >= 0.3 is 5.97 Å². The molecule has 2 N–H and O–H groups in total. The fourth-order valence-corrected chi connectivity index (χ4v) is 2.54. The number of carbonyl (C=O) groups is 1. The van der Waals surface area contributed by atoms with E-state index in [0.29, 0.717) is 19.1 Å². The van der Waals surface area contributed by atoms with Gasteiger partial charge in [0.1, 0.15) is 5.54 Å². The highest BCUT2D eigenvalue weighted by Gasteiger charge is 2.29. The Hall–Kier alpha value is -0.650. The van der Waals surface area contributed by atoms with E-state index in [-0.39, 0.29) is 5.97 Å². The number of likely N-dealkylation sites (N-methyl/N-ethyl adjacent to an activating group) is 2. The minimum Gasteiger partial charge on any atom is -0.465 e. The number of nitrogens with zero attached hydrogens (tertiary/aromatic N) is 2. The lowest BCUT2D eigenvalue weighted by Crippen LogP contribution is -2.46. The minimum atomic E-state index is -0.859. The molecule has 0 aromatic heterocycles. The summed E-state index contributed by atoms with van der Waals surface area (Å²) in [5.41, 5.74) is 5.17. The summed E-state index contributed by atoms with van der Waals surface area (Å²) < 4.78 is 5.01. The highest BCUT2D eigenvalue weighted by Crippen LogP contribution is 2.14. The molecular weight excluding hydrogens is 266 g/mol. The van der Waals surface area contributed by atoms with Crippen molar-refractivity contribution < 1.29 is 9.53 Å². The van der Waals surface area contributed by atoms with Crippen molar-refractivity contribution in [1.29, 1.82) is 0 Å². The lowest BCUT2D eigenvalue weighted by Gasteiger charge is -2.30. The molecule has 0 aliphatic heterocycles. The Balaban J connectivity index is 4.08. The zero-order valence-electron chi connectivity index (χ0n) is 14.8. The third-order valence-corrected chi connectivity index (χ3v) is 3.79. The molecule has 0 amide bonds. The molecule has 0 aliphatic carbocycles. The first-order chi connectivity index (χ1) is 9.74. The molecule has 2 unspecified atom stereocenters. The van der Waals surface area contributed by atoms with Gasteiger partial charge in [0.05, 0.1) is 6.61 Å². The van der Waals surface area contributed by atoms with Crippen molar-refractivity contribution in [3.05, 3.63) is 0 Å².